The minimum Gasteiger partial charge on any atom is -0.310 e. The Labute approximate surface area is 108 Å². The largest absolute Gasteiger partial charge is 0.310 e. The van der Waals surface area contributed by atoms with Gasteiger partial charge in [0.1, 0.15) is 0 Å². The summed E-state index contributed by atoms with van der Waals surface area (Å²) in [7, 11) is 0. The Morgan fingerprint density at radius 2 is 2.35 bits per heavy atom. The predicted molar refractivity (Wildman–Crippen MR) is 72.0 cm³/mol. The van der Waals surface area contributed by atoms with Gasteiger partial charge in [0.2, 0.25) is 0 Å². The first-order chi connectivity index (χ1) is 8.29. The molecule has 0 spiro atoms. The zero-order valence-corrected chi connectivity index (χ0v) is 11.2. The highest BCUT2D eigenvalue weighted by atomic mass is 32.1. The van der Waals surface area contributed by atoms with Gasteiger partial charge in [0.15, 0.2) is 0 Å². The summed E-state index contributed by atoms with van der Waals surface area (Å²) in [5, 5.41) is 17.1. The van der Waals surface area contributed by atoms with Crippen molar-refractivity contribution < 1.29 is 0 Å². The van der Waals surface area contributed by atoms with Crippen LogP contribution >= 0.6 is 11.3 Å². The van der Waals surface area contributed by atoms with Gasteiger partial charge in [0.25, 0.3) is 0 Å². The molecule has 1 fully saturated rings. The van der Waals surface area contributed by atoms with E-state index in [2.05, 4.69) is 35.1 Å². The maximum absolute atomic E-state index is 9.14. The van der Waals surface area contributed by atoms with Gasteiger partial charge in [-0.25, -0.2) is 0 Å². The van der Waals surface area contributed by atoms with Gasteiger partial charge in [-0.15, -0.1) is 0 Å². The van der Waals surface area contributed by atoms with Gasteiger partial charge in [-0.05, 0) is 48.6 Å². The Bertz CT molecular complexity index is 366. The molecule has 0 bridgehead atoms. The highest BCUT2D eigenvalue weighted by molar-refractivity contribution is 7.07. The van der Waals surface area contributed by atoms with Crippen LogP contribution < -0.4 is 5.32 Å². The molecule has 92 valence electrons. The second-order valence-electron chi connectivity index (χ2n) is 5.03. The Morgan fingerprint density at radius 1 is 1.53 bits per heavy atom. The van der Waals surface area contributed by atoms with Gasteiger partial charge >= 0.3 is 0 Å². The number of nitriles is 1. The van der Waals surface area contributed by atoms with Crippen molar-refractivity contribution in [3.8, 4) is 6.07 Å². The number of hydrogen-bond donors (Lipinski definition) is 1. The fourth-order valence-corrected chi connectivity index (χ4v) is 3.35. The van der Waals surface area contributed by atoms with E-state index in [4.69, 9.17) is 5.26 Å². The lowest BCUT2D eigenvalue weighted by Gasteiger charge is -2.30. The minimum absolute atomic E-state index is 0.216. The molecule has 1 aromatic rings. The van der Waals surface area contributed by atoms with E-state index in [1.165, 1.54) is 18.4 Å². The molecule has 0 aromatic carbocycles. The van der Waals surface area contributed by atoms with E-state index in [-0.39, 0.29) is 5.92 Å². The van der Waals surface area contributed by atoms with Crippen molar-refractivity contribution in [2.24, 2.45) is 5.92 Å². The summed E-state index contributed by atoms with van der Waals surface area (Å²) >= 11 is 1.75. The molecule has 1 aliphatic rings. The lowest BCUT2D eigenvalue weighted by molar-refractivity contribution is 0.290. The van der Waals surface area contributed by atoms with E-state index in [0.717, 1.165) is 19.3 Å². The monoisotopic (exact) mass is 248 g/mol. The fourth-order valence-electron chi connectivity index (χ4n) is 2.67. The Hall–Kier alpha value is -0.850. The number of nitrogens with zero attached hydrogens (tertiary/aromatic N) is 1. The third kappa shape index (κ3) is 3.55. The average Bonchev–Trinajstić information content (AvgIpc) is 2.82. The van der Waals surface area contributed by atoms with Crippen molar-refractivity contribution in [3.63, 3.8) is 0 Å². The van der Waals surface area contributed by atoms with E-state index in [9.17, 15) is 0 Å². The minimum atomic E-state index is 0.216. The van der Waals surface area contributed by atoms with Crippen LogP contribution in [0.2, 0.25) is 0 Å². The van der Waals surface area contributed by atoms with E-state index in [1.807, 2.05) is 0 Å². The van der Waals surface area contributed by atoms with Crippen LogP contribution in [0.3, 0.4) is 0 Å². The van der Waals surface area contributed by atoms with Crippen LogP contribution in [0.15, 0.2) is 16.8 Å². The normalized spacial score (nSPS) is 26.4. The first kappa shape index (κ1) is 12.6. The lowest BCUT2D eigenvalue weighted by Crippen LogP contribution is -2.43. The van der Waals surface area contributed by atoms with Gasteiger partial charge < -0.3 is 5.32 Å². The van der Waals surface area contributed by atoms with Crippen molar-refractivity contribution in [1.29, 1.82) is 5.26 Å². The van der Waals surface area contributed by atoms with Crippen molar-refractivity contribution in [3.05, 3.63) is 22.4 Å². The zero-order valence-electron chi connectivity index (χ0n) is 10.4. The molecule has 0 aliphatic heterocycles. The topological polar surface area (TPSA) is 35.8 Å². The molecule has 3 heteroatoms. The quantitative estimate of drug-likeness (QED) is 0.887. The molecule has 3 unspecified atom stereocenters. The predicted octanol–water partition coefficient (Wildman–Crippen LogP) is 3.35. The van der Waals surface area contributed by atoms with Crippen LogP contribution in [-0.4, -0.2) is 12.1 Å². The summed E-state index contributed by atoms with van der Waals surface area (Å²) in [5.41, 5.74) is 1.40. The molecule has 2 rings (SSSR count). The number of hydrogen-bond acceptors (Lipinski definition) is 3. The molecule has 3 atom stereocenters. The van der Waals surface area contributed by atoms with Crippen LogP contribution in [0.4, 0.5) is 0 Å². The van der Waals surface area contributed by atoms with Gasteiger partial charge in [-0.1, -0.05) is 12.8 Å². The lowest BCUT2D eigenvalue weighted by atomic mass is 9.85. The van der Waals surface area contributed by atoms with Crippen molar-refractivity contribution in [2.45, 2.75) is 51.1 Å². The zero-order chi connectivity index (χ0) is 12.1. The van der Waals surface area contributed by atoms with Crippen molar-refractivity contribution >= 4 is 11.3 Å². The van der Waals surface area contributed by atoms with Gasteiger partial charge in [0, 0.05) is 12.1 Å². The summed E-state index contributed by atoms with van der Waals surface area (Å²) in [6.07, 6.45) is 5.78. The molecular weight excluding hydrogens is 228 g/mol. The Kier molecular flexibility index (Phi) is 4.58. The summed E-state index contributed by atoms with van der Waals surface area (Å²) in [4.78, 5) is 0. The van der Waals surface area contributed by atoms with E-state index >= 15 is 0 Å². The Morgan fingerprint density at radius 3 is 3.06 bits per heavy atom. The Balaban J connectivity index is 1.84. The highest BCUT2D eigenvalue weighted by Gasteiger charge is 2.25. The molecule has 17 heavy (non-hydrogen) atoms. The standard InChI is InChI=1S/C14H20N2S/c1-11(8-12-6-7-17-10-12)16-14-5-3-2-4-13(14)9-15/h6-7,10-11,13-14,16H,2-5,8H2,1H3. The maximum Gasteiger partial charge on any atom is 0.0672 e. The van der Waals surface area contributed by atoms with Crippen molar-refractivity contribution in [1.82, 2.24) is 5.32 Å². The van der Waals surface area contributed by atoms with E-state index in [0.29, 0.717) is 12.1 Å². The fraction of sp³-hybridized carbons (Fsp3) is 0.643. The molecule has 1 aliphatic carbocycles. The van der Waals surface area contributed by atoms with Crippen LogP contribution in [0, 0.1) is 17.2 Å². The molecule has 1 aromatic heterocycles. The van der Waals surface area contributed by atoms with Crippen LogP contribution in [0.1, 0.15) is 38.2 Å². The third-order valence-electron chi connectivity index (χ3n) is 3.55. The van der Waals surface area contributed by atoms with Crippen molar-refractivity contribution in [2.75, 3.05) is 0 Å². The summed E-state index contributed by atoms with van der Waals surface area (Å²) in [6.45, 7) is 2.22. The first-order valence-corrected chi connectivity index (χ1v) is 7.40. The van der Waals surface area contributed by atoms with Gasteiger partial charge in [0.05, 0.1) is 12.0 Å². The smallest absolute Gasteiger partial charge is 0.0672 e. The maximum atomic E-state index is 9.14. The third-order valence-corrected chi connectivity index (χ3v) is 4.28. The molecular formula is C14H20N2S. The molecule has 1 heterocycles. The summed E-state index contributed by atoms with van der Waals surface area (Å²) < 4.78 is 0. The molecule has 0 amide bonds. The molecule has 0 radical (unpaired) electrons. The molecule has 0 saturated heterocycles. The molecule has 1 saturated carbocycles. The van der Waals surface area contributed by atoms with Crippen LogP contribution in [0.5, 0.6) is 0 Å². The van der Waals surface area contributed by atoms with Crippen LogP contribution in [0.25, 0.3) is 0 Å². The summed E-state index contributed by atoms with van der Waals surface area (Å²) in [5.74, 6) is 0.216. The SMILES string of the molecule is CC(Cc1ccsc1)NC1CCCCC1C#N. The number of thiophene rings is 1. The summed E-state index contributed by atoms with van der Waals surface area (Å²) in [6, 6.07) is 5.51. The first-order valence-electron chi connectivity index (χ1n) is 6.46. The van der Waals surface area contributed by atoms with E-state index in [1.54, 1.807) is 11.3 Å². The highest BCUT2D eigenvalue weighted by Crippen LogP contribution is 2.24. The molecule has 1 N–H and O–H groups in total. The van der Waals surface area contributed by atoms with Crippen LogP contribution in [-0.2, 0) is 6.42 Å². The van der Waals surface area contributed by atoms with Gasteiger partial charge in [-0.2, -0.15) is 16.6 Å². The average molecular weight is 248 g/mol. The molecule has 2 nitrogen and oxygen atoms in total. The number of rotatable bonds is 4. The van der Waals surface area contributed by atoms with Gasteiger partial charge in [-0.3, -0.25) is 0 Å². The second kappa shape index (κ2) is 6.18. The number of nitrogens with one attached hydrogen (secondary N) is 1. The van der Waals surface area contributed by atoms with E-state index < -0.39 is 0 Å². The second-order valence-corrected chi connectivity index (χ2v) is 5.81.